The number of para-hydroxylation sites is 1. The van der Waals surface area contributed by atoms with Crippen LogP contribution in [0, 0.1) is 0 Å². The molecule has 38 heavy (non-hydrogen) atoms. The number of unbranched alkanes of at least 4 members (excludes halogenated alkanes) is 1. The number of hydrogen-bond donors (Lipinski definition) is 9. The smallest absolute Gasteiger partial charge is 0.326 e. The number of aromatic nitrogens is 1. The maximum Gasteiger partial charge on any atom is 0.326 e. The molecule has 10 N–H and O–H groups in total. The molecule has 0 spiro atoms. The molecular weight excluding hydrogens is 516 g/mol. The van der Waals surface area contributed by atoms with E-state index < -0.39 is 60.2 Å². The average molecular weight is 551 g/mol. The van der Waals surface area contributed by atoms with Crippen molar-refractivity contribution in [2.45, 2.75) is 56.3 Å². The number of benzene rings is 1. The number of carboxylic acid groups (broad SMARTS) is 2. The van der Waals surface area contributed by atoms with E-state index in [2.05, 4.69) is 33.6 Å². The van der Waals surface area contributed by atoms with E-state index in [-0.39, 0.29) is 18.6 Å². The topological polar surface area (TPSA) is 230 Å². The van der Waals surface area contributed by atoms with Crippen LogP contribution in [0.15, 0.2) is 30.5 Å². The van der Waals surface area contributed by atoms with Crippen LogP contribution in [0.25, 0.3) is 10.9 Å². The van der Waals surface area contributed by atoms with Crippen LogP contribution in [0.1, 0.15) is 31.2 Å². The summed E-state index contributed by atoms with van der Waals surface area (Å²) < 4.78 is 0. The molecule has 4 unspecified atom stereocenters. The fourth-order valence-corrected chi connectivity index (χ4v) is 4.04. The minimum atomic E-state index is -1.38. The van der Waals surface area contributed by atoms with Crippen LogP contribution >= 0.6 is 12.6 Å². The van der Waals surface area contributed by atoms with Crippen molar-refractivity contribution in [3.63, 3.8) is 0 Å². The second-order valence-corrected chi connectivity index (χ2v) is 9.12. The first-order valence-electron chi connectivity index (χ1n) is 12.0. The van der Waals surface area contributed by atoms with Crippen molar-refractivity contribution in [2.24, 2.45) is 11.5 Å². The zero-order valence-electron chi connectivity index (χ0n) is 20.7. The lowest BCUT2D eigenvalue weighted by Gasteiger charge is -2.24. The van der Waals surface area contributed by atoms with Crippen LogP contribution in [0.3, 0.4) is 0 Å². The third kappa shape index (κ3) is 9.04. The highest BCUT2D eigenvalue weighted by Gasteiger charge is 2.30. The highest BCUT2D eigenvalue weighted by Crippen LogP contribution is 2.19. The number of carbonyl (C=O) groups excluding carboxylic acids is 3. The lowest BCUT2D eigenvalue weighted by Crippen LogP contribution is -2.58. The number of carbonyl (C=O) groups is 5. The number of aliphatic carboxylic acids is 2. The van der Waals surface area contributed by atoms with Gasteiger partial charge in [-0.2, -0.15) is 12.6 Å². The Balaban J connectivity index is 2.12. The van der Waals surface area contributed by atoms with Gasteiger partial charge in [0.1, 0.15) is 18.1 Å². The minimum Gasteiger partial charge on any atom is -0.481 e. The first kappa shape index (κ1) is 30.6. The number of fused-ring (bicyclic) bond motifs is 1. The summed E-state index contributed by atoms with van der Waals surface area (Å²) in [6.45, 7) is 0.359. The molecule has 0 saturated heterocycles. The van der Waals surface area contributed by atoms with E-state index in [9.17, 15) is 29.1 Å². The first-order valence-corrected chi connectivity index (χ1v) is 12.7. The maximum absolute atomic E-state index is 13.1. The number of hydrogen-bond acceptors (Lipinski definition) is 8. The van der Waals surface area contributed by atoms with E-state index in [1.807, 2.05) is 24.3 Å². The Morgan fingerprint density at radius 2 is 1.55 bits per heavy atom. The monoisotopic (exact) mass is 550 g/mol. The lowest BCUT2D eigenvalue weighted by molar-refractivity contribution is -0.142. The molecule has 1 aromatic carbocycles. The highest BCUT2D eigenvalue weighted by molar-refractivity contribution is 7.80. The molecule has 2 aromatic rings. The van der Waals surface area contributed by atoms with E-state index in [4.69, 9.17) is 16.6 Å². The van der Waals surface area contributed by atoms with Gasteiger partial charge < -0.3 is 42.6 Å². The zero-order valence-corrected chi connectivity index (χ0v) is 21.6. The van der Waals surface area contributed by atoms with E-state index in [0.717, 1.165) is 10.9 Å². The molecule has 0 saturated carbocycles. The van der Waals surface area contributed by atoms with E-state index in [1.54, 1.807) is 6.20 Å². The number of nitrogens with two attached hydrogens (primary N) is 2. The van der Waals surface area contributed by atoms with Gasteiger partial charge in [-0.05, 0) is 37.4 Å². The van der Waals surface area contributed by atoms with Crippen molar-refractivity contribution in [1.82, 2.24) is 20.9 Å². The minimum absolute atomic E-state index is 0.00530. The predicted octanol–water partition coefficient (Wildman–Crippen LogP) is -0.890. The number of nitrogens with one attached hydrogen (secondary N) is 4. The second-order valence-electron chi connectivity index (χ2n) is 8.76. The summed E-state index contributed by atoms with van der Waals surface area (Å²) in [6, 6.07) is 2.36. The van der Waals surface area contributed by atoms with Gasteiger partial charge >= 0.3 is 11.9 Å². The summed E-state index contributed by atoms with van der Waals surface area (Å²) in [4.78, 5) is 64.0. The first-order chi connectivity index (χ1) is 18.1. The van der Waals surface area contributed by atoms with Gasteiger partial charge in [-0.3, -0.25) is 19.2 Å². The van der Waals surface area contributed by atoms with Gasteiger partial charge in [-0.25, -0.2) is 4.79 Å². The predicted molar refractivity (Wildman–Crippen MR) is 142 cm³/mol. The molecule has 13 nitrogen and oxygen atoms in total. The third-order valence-electron chi connectivity index (χ3n) is 5.84. The summed E-state index contributed by atoms with van der Waals surface area (Å²) in [5, 5.41) is 26.8. The van der Waals surface area contributed by atoms with Gasteiger partial charge in [0, 0.05) is 29.3 Å². The fraction of sp³-hybridized carbons (Fsp3) is 0.458. The zero-order chi connectivity index (χ0) is 28.2. The molecule has 0 aliphatic carbocycles. The summed E-state index contributed by atoms with van der Waals surface area (Å²) in [5.41, 5.74) is 12.6. The molecule has 0 fully saturated rings. The Bertz CT molecular complexity index is 1140. The van der Waals surface area contributed by atoms with Gasteiger partial charge in [0.15, 0.2) is 0 Å². The maximum atomic E-state index is 13.1. The Labute approximate surface area is 224 Å². The summed E-state index contributed by atoms with van der Waals surface area (Å²) in [5.74, 6) is -5.02. The Hall–Kier alpha value is -3.62. The highest BCUT2D eigenvalue weighted by atomic mass is 32.1. The van der Waals surface area contributed by atoms with Gasteiger partial charge in [-0.15, -0.1) is 0 Å². The van der Waals surface area contributed by atoms with Crippen LogP contribution < -0.4 is 27.4 Å². The van der Waals surface area contributed by atoms with Gasteiger partial charge in [0.05, 0.1) is 12.5 Å². The standard InChI is InChI=1S/C24H34N6O7S/c25-8-4-3-7-17(28-23(35)19(12-38)30-21(33)15(26)10-20(31)32)22(34)29-18(24(36)37)9-13-11-27-16-6-2-1-5-14(13)16/h1-2,5-6,11,15,17-19,27,38H,3-4,7-10,12,25-26H2,(H,28,35)(H,29,34)(H,30,33)(H,31,32)(H,36,37). The molecule has 0 bridgehead atoms. The Kier molecular flexibility index (Phi) is 12.0. The van der Waals surface area contributed by atoms with Gasteiger partial charge in [-0.1, -0.05) is 18.2 Å². The molecular formula is C24H34N6O7S. The molecule has 14 heteroatoms. The average Bonchev–Trinajstić information content (AvgIpc) is 3.28. The Morgan fingerprint density at radius 3 is 2.18 bits per heavy atom. The largest absolute Gasteiger partial charge is 0.481 e. The molecule has 1 heterocycles. The summed E-state index contributed by atoms with van der Waals surface area (Å²) >= 11 is 4.06. The van der Waals surface area contributed by atoms with Crippen LogP contribution in [0.4, 0.5) is 0 Å². The molecule has 4 atom stereocenters. The van der Waals surface area contributed by atoms with Crippen molar-refractivity contribution < 1.29 is 34.2 Å². The quantitative estimate of drug-likeness (QED) is 0.0931. The van der Waals surface area contributed by atoms with E-state index >= 15 is 0 Å². The number of rotatable bonds is 16. The number of amides is 3. The molecule has 0 aliphatic heterocycles. The molecule has 1 aromatic heterocycles. The molecule has 0 radical (unpaired) electrons. The molecule has 208 valence electrons. The van der Waals surface area contributed by atoms with Crippen molar-refractivity contribution in [3.8, 4) is 0 Å². The van der Waals surface area contributed by atoms with Crippen molar-refractivity contribution >= 4 is 53.2 Å². The van der Waals surface area contributed by atoms with Crippen LogP contribution in [-0.2, 0) is 30.4 Å². The number of carboxylic acids is 2. The van der Waals surface area contributed by atoms with Gasteiger partial charge in [0.2, 0.25) is 17.7 Å². The normalized spacial score (nSPS) is 14.2. The van der Waals surface area contributed by atoms with E-state index in [1.165, 1.54) is 0 Å². The number of aromatic amines is 1. The van der Waals surface area contributed by atoms with Crippen molar-refractivity contribution in [2.75, 3.05) is 12.3 Å². The third-order valence-corrected chi connectivity index (χ3v) is 6.21. The summed E-state index contributed by atoms with van der Waals surface area (Å²) in [7, 11) is 0. The lowest BCUT2D eigenvalue weighted by atomic mass is 10.0. The van der Waals surface area contributed by atoms with Crippen LogP contribution in [-0.4, -0.2) is 81.3 Å². The van der Waals surface area contributed by atoms with Crippen LogP contribution in [0.5, 0.6) is 0 Å². The number of thiol groups is 1. The molecule has 3 amide bonds. The van der Waals surface area contributed by atoms with Crippen molar-refractivity contribution in [1.29, 1.82) is 0 Å². The number of H-pyrrole nitrogens is 1. The fourth-order valence-electron chi connectivity index (χ4n) is 3.78. The Morgan fingerprint density at radius 1 is 0.921 bits per heavy atom. The molecule has 0 aliphatic rings. The second kappa shape index (κ2) is 15.0. The molecule has 2 rings (SSSR count). The van der Waals surface area contributed by atoms with Crippen molar-refractivity contribution in [3.05, 3.63) is 36.0 Å². The summed E-state index contributed by atoms with van der Waals surface area (Å²) in [6.07, 6.45) is 2.25. The van der Waals surface area contributed by atoms with Gasteiger partial charge in [0.25, 0.3) is 0 Å². The SMILES string of the molecule is NCCCCC(NC(=O)C(CS)NC(=O)C(N)CC(=O)O)C(=O)NC(Cc1c[nH]c2ccccc12)C(=O)O. The van der Waals surface area contributed by atoms with E-state index in [0.29, 0.717) is 24.9 Å². The van der Waals surface area contributed by atoms with Crippen LogP contribution in [0.2, 0.25) is 0 Å².